The first-order valence-electron chi connectivity index (χ1n) is 9.05. The summed E-state index contributed by atoms with van der Waals surface area (Å²) in [5.41, 5.74) is 0.823. The molecule has 0 spiro atoms. The molecule has 1 aromatic rings. The Morgan fingerprint density at radius 2 is 2.00 bits per heavy atom. The van der Waals surface area contributed by atoms with Crippen molar-refractivity contribution in [3.8, 4) is 0 Å². The van der Waals surface area contributed by atoms with Crippen LogP contribution in [0.25, 0.3) is 0 Å². The lowest BCUT2D eigenvalue weighted by Gasteiger charge is -2.46. The highest BCUT2D eigenvalue weighted by Crippen LogP contribution is 2.43. The number of nitrogens with zero attached hydrogens (tertiary/aromatic N) is 2. The van der Waals surface area contributed by atoms with Gasteiger partial charge in [0, 0.05) is 33.0 Å². The van der Waals surface area contributed by atoms with Crippen LogP contribution in [0.15, 0.2) is 30.3 Å². The molecule has 0 radical (unpaired) electrons. The fraction of sp³-hybridized carbons (Fsp3) is 0.550. The van der Waals surface area contributed by atoms with Crippen LogP contribution in [0.4, 0.5) is 0 Å². The monoisotopic (exact) mass is 341 g/mol. The maximum atomic E-state index is 12.7. The number of amides is 2. The van der Waals surface area contributed by atoms with E-state index in [1.165, 1.54) is 4.90 Å². The summed E-state index contributed by atoms with van der Waals surface area (Å²) in [5, 5.41) is 8.11. The summed E-state index contributed by atoms with van der Waals surface area (Å²) in [6, 6.07) is 9.84. The lowest BCUT2D eigenvalue weighted by atomic mass is 9.67. The van der Waals surface area contributed by atoms with Gasteiger partial charge in [-0.15, -0.1) is 0 Å². The van der Waals surface area contributed by atoms with Crippen LogP contribution in [-0.4, -0.2) is 47.6 Å². The number of hydrogen-bond acceptors (Lipinski definition) is 3. The summed E-state index contributed by atoms with van der Waals surface area (Å²) >= 11 is 0. The Morgan fingerprint density at radius 3 is 2.68 bits per heavy atom. The van der Waals surface area contributed by atoms with Crippen LogP contribution < -0.4 is 0 Å². The number of nitrogens with one attached hydrogen (secondary N) is 1. The van der Waals surface area contributed by atoms with Gasteiger partial charge in [0.25, 0.3) is 0 Å². The molecule has 2 saturated heterocycles. The molecular weight excluding hydrogens is 314 g/mol. The van der Waals surface area contributed by atoms with E-state index in [-0.39, 0.29) is 23.1 Å². The summed E-state index contributed by atoms with van der Waals surface area (Å²) < 4.78 is 0. The zero-order valence-electron chi connectivity index (χ0n) is 15.1. The highest BCUT2D eigenvalue weighted by Gasteiger charge is 2.44. The van der Waals surface area contributed by atoms with Crippen molar-refractivity contribution in [3.05, 3.63) is 35.9 Å². The number of amidine groups is 1. The number of hydrogen-bond donors (Lipinski definition) is 1. The molecule has 1 N–H and O–H groups in total. The second kappa shape index (κ2) is 6.98. The van der Waals surface area contributed by atoms with Crippen LogP contribution in [0.5, 0.6) is 0 Å². The summed E-state index contributed by atoms with van der Waals surface area (Å²) in [6.07, 6.45) is 3.51. The van der Waals surface area contributed by atoms with E-state index in [0.29, 0.717) is 31.6 Å². The Bertz CT molecular complexity index is 653. The molecular formula is C20H27N3O2. The Kier molecular flexibility index (Phi) is 4.93. The third-order valence-corrected chi connectivity index (χ3v) is 5.86. The van der Waals surface area contributed by atoms with E-state index in [1.807, 2.05) is 35.2 Å². The minimum atomic E-state index is -0.216. The van der Waals surface area contributed by atoms with Gasteiger partial charge in [-0.1, -0.05) is 37.3 Å². The number of likely N-dealkylation sites (tertiary alicyclic amines) is 2. The normalized spacial score (nSPS) is 27.5. The summed E-state index contributed by atoms with van der Waals surface area (Å²) in [6.45, 7) is 3.61. The average molecular weight is 341 g/mol. The molecule has 134 valence electrons. The molecule has 2 fully saturated rings. The summed E-state index contributed by atoms with van der Waals surface area (Å²) in [5.74, 6) is 0.853. The van der Waals surface area contributed by atoms with Gasteiger partial charge in [0.2, 0.25) is 11.8 Å². The third-order valence-electron chi connectivity index (χ3n) is 5.86. The van der Waals surface area contributed by atoms with E-state index in [4.69, 9.17) is 5.41 Å². The first-order chi connectivity index (χ1) is 11.9. The topological polar surface area (TPSA) is 64.5 Å². The molecule has 5 heteroatoms. The molecule has 5 nitrogen and oxygen atoms in total. The molecule has 0 aliphatic carbocycles. The number of piperidine rings is 2. The molecule has 2 heterocycles. The van der Waals surface area contributed by atoms with Gasteiger partial charge in [-0.05, 0) is 29.7 Å². The number of carbonyl (C=O) groups is 2. The second-order valence-electron chi connectivity index (χ2n) is 7.75. The Morgan fingerprint density at radius 1 is 1.28 bits per heavy atom. The molecule has 1 unspecified atom stereocenters. The van der Waals surface area contributed by atoms with Crippen molar-refractivity contribution >= 4 is 17.6 Å². The van der Waals surface area contributed by atoms with Crippen LogP contribution in [0, 0.1) is 16.7 Å². The van der Waals surface area contributed by atoms with E-state index in [2.05, 4.69) is 6.92 Å². The first-order valence-corrected chi connectivity index (χ1v) is 9.05. The molecule has 0 bridgehead atoms. The summed E-state index contributed by atoms with van der Waals surface area (Å²) in [7, 11) is 1.68. The van der Waals surface area contributed by atoms with Crippen molar-refractivity contribution in [1.82, 2.24) is 9.80 Å². The van der Waals surface area contributed by atoms with Gasteiger partial charge < -0.3 is 9.80 Å². The number of rotatable bonds is 3. The Labute approximate surface area is 149 Å². The van der Waals surface area contributed by atoms with Crippen molar-refractivity contribution in [1.29, 1.82) is 5.41 Å². The van der Waals surface area contributed by atoms with Crippen LogP contribution in [-0.2, 0) is 16.0 Å². The largest absolute Gasteiger partial charge is 0.342 e. The van der Waals surface area contributed by atoms with Crippen LogP contribution in [0.3, 0.4) is 0 Å². The lowest BCUT2D eigenvalue weighted by molar-refractivity contribution is -0.135. The number of benzene rings is 1. The van der Waals surface area contributed by atoms with Crippen molar-refractivity contribution in [3.63, 3.8) is 0 Å². The quantitative estimate of drug-likeness (QED) is 0.919. The van der Waals surface area contributed by atoms with Crippen LogP contribution in [0.1, 0.15) is 38.2 Å². The van der Waals surface area contributed by atoms with E-state index in [0.717, 1.165) is 24.9 Å². The van der Waals surface area contributed by atoms with Crippen molar-refractivity contribution in [2.45, 2.75) is 39.0 Å². The molecule has 25 heavy (non-hydrogen) atoms. The minimum absolute atomic E-state index is 0.0199. The predicted molar refractivity (Wildman–Crippen MR) is 97.3 cm³/mol. The zero-order chi connectivity index (χ0) is 18.0. The zero-order valence-corrected chi connectivity index (χ0v) is 15.1. The van der Waals surface area contributed by atoms with Crippen molar-refractivity contribution in [2.24, 2.45) is 11.3 Å². The Hall–Kier alpha value is -2.17. The van der Waals surface area contributed by atoms with Gasteiger partial charge >= 0.3 is 0 Å². The van der Waals surface area contributed by atoms with Gasteiger partial charge in [0.15, 0.2) is 0 Å². The summed E-state index contributed by atoms with van der Waals surface area (Å²) in [4.78, 5) is 28.3. The standard InChI is InChI=1S/C20H27N3O2/c1-20(12-17(21)22(2)19(25)13-20)16-9-6-10-23(14-16)18(24)11-15-7-4-3-5-8-15/h3-5,7-8,16,21H,6,9-14H2,1-2H3/t16?,20-/m0/s1. The minimum Gasteiger partial charge on any atom is -0.342 e. The Balaban J connectivity index is 1.67. The predicted octanol–water partition coefficient (Wildman–Crippen LogP) is 2.70. The highest BCUT2D eigenvalue weighted by atomic mass is 16.2. The van der Waals surface area contributed by atoms with Gasteiger partial charge in [0.05, 0.1) is 6.42 Å². The van der Waals surface area contributed by atoms with Crippen LogP contribution >= 0.6 is 0 Å². The molecule has 2 atom stereocenters. The fourth-order valence-corrected chi connectivity index (χ4v) is 4.12. The van der Waals surface area contributed by atoms with Gasteiger partial charge in [-0.25, -0.2) is 0 Å². The van der Waals surface area contributed by atoms with E-state index in [9.17, 15) is 9.59 Å². The molecule has 1 aromatic carbocycles. The molecule has 2 aliphatic rings. The lowest BCUT2D eigenvalue weighted by Crippen LogP contribution is -2.52. The maximum absolute atomic E-state index is 12.7. The van der Waals surface area contributed by atoms with Gasteiger partial charge in [-0.2, -0.15) is 0 Å². The average Bonchev–Trinajstić information content (AvgIpc) is 2.60. The van der Waals surface area contributed by atoms with Gasteiger partial charge in [0.1, 0.15) is 5.84 Å². The third kappa shape index (κ3) is 3.75. The van der Waals surface area contributed by atoms with E-state index in [1.54, 1.807) is 7.05 Å². The molecule has 0 aromatic heterocycles. The number of carbonyl (C=O) groups excluding carboxylic acids is 2. The van der Waals surface area contributed by atoms with Crippen LogP contribution in [0.2, 0.25) is 0 Å². The first kappa shape index (κ1) is 17.6. The molecule has 2 aliphatic heterocycles. The van der Waals surface area contributed by atoms with Crippen molar-refractivity contribution in [2.75, 3.05) is 20.1 Å². The van der Waals surface area contributed by atoms with E-state index >= 15 is 0 Å². The van der Waals surface area contributed by atoms with E-state index < -0.39 is 0 Å². The SMILES string of the molecule is CN1C(=N)C[C@](C)(C2CCCN(C(=O)Cc3ccccc3)C2)CC1=O. The molecule has 2 amide bonds. The highest BCUT2D eigenvalue weighted by molar-refractivity contribution is 5.99. The van der Waals surface area contributed by atoms with Crippen molar-refractivity contribution < 1.29 is 9.59 Å². The second-order valence-corrected chi connectivity index (χ2v) is 7.75. The van der Waals surface area contributed by atoms with Gasteiger partial charge in [-0.3, -0.25) is 15.0 Å². The molecule has 0 saturated carbocycles. The fourth-order valence-electron chi connectivity index (χ4n) is 4.12. The maximum Gasteiger partial charge on any atom is 0.228 e. The molecule has 3 rings (SSSR count). The smallest absolute Gasteiger partial charge is 0.228 e.